The number of amides is 3. The SMILES string of the molecule is CN1C(=O)NC(c2cccc(Cl)c2Cl)C2=C1CN(Cc1ccccn1)C2=O. The van der Waals surface area contributed by atoms with Gasteiger partial charge in [-0.3, -0.25) is 14.7 Å². The van der Waals surface area contributed by atoms with E-state index in [1.54, 1.807) is 36.3 Å². The van der Waals surface area contributed by atoms with Crippen molar-refractivity contribution in [2.75, 3.05) is 13.6 Å². The standard InChI is InChI=1S/C19H16Cl2N4O2/c1-24-14-10-25(9-11-5-2-3-8-22-11)18(26)15(14)17(23-19(24)27)12-6-4-7-13(20)16(12)21/h2-8,17H,9-10H2,1H3,(H,23,27). The van der Waals surface area contributed by atoms with Crippen LogP contribution in [-0.4, -0.2) is 40.3 Å². The molecule has 3 heterocycles. The number of nitrogens with one attached hydrogen (secondary N) is 1. The molecule has 138 valence electrons. The third kappa shape index (κ3) is 3.05. The zero-order valence-electron chi connectivity index (χ0n) is 14.4. The second kappa shape index (κ2) is 6.87. The molecule has 2 aliphatic rings. The Morgan fingerprint density at radius 1 is 1.19 bits per heavy atom. The molecule has 1 aromatic heterocycles. The number of benzene rings is 1. The summed E-state index contributed by atoms with van der Waals surface area (Å²) in [6.45, 7) is 0.702. The lowest BCUT2D eigenvalue weighted by Crippen LogP contribution is -2.45. The van der Waals surface area contributed by atoms with Crippen LogP contribution < -0.4 is 5.32 Å². The van der Waals surface area contributed by atoms with Gasteiger partial charge in [-0.25, -0.2) is 4.79 Å². The molecule has 3 amide bonds. The van der Waals surface area contributed by atoms with E-state index in [1.807, 2.05) is 18.2 Å². The van der Waals surface area contributed by atoms with Crippen LogP contribution in [0, 0.1) is 0 Å². The fourth-order valence-corrected chi connectivity index (χ4v) is 3.83. The van der Waals surface area contributed by atoms with Crippen LogP contribution in [0.2, 0.25) is 10.0 Å². The van der Waals surface area contributed by atoms with E-state index in [1.165, 1.54) is 4.90 Å². The molecule has 1 N–H and O–H groups in total. The smallest absolute Gasteiger partial charge is 0.322 e. The Bertz CT molecular complexity index is 961. The Morgan fingerprint density at radius 3 is 2.74 bits per heavy atom. The summed E-state index contributed by atoms with van der Waals surface area (Å²) in [5, 5.41) is 3.57. The number of hydrogen-bond acceptors (Lipinski definition) is 3. The highest BCUT2D eigenvalue weighted by Crippen LogP contribution is 2.40. The summed E-state index contributed by atoms with van der Waals surface area (Å²) >= 11 is 12.5. The van der Waals surface area contributed by atoms with Gasteiger partial charge in [0.2, 0.25) is 0 Å². The van der Waals surface area contributed by atoms with Crippen molar-refractivity contribution < 1.29 is 9.59 Å². The average Bonchev–Trinajstić information content (AvgIpc) is 2.98. The number of pyridine rings is 1. The molecule has 0 saturated carbocycles. The van der Waals surface area contributed by atoms with Crippen molar-refractivity contribution in [3.63, 3.8) is 0 Å². The van der Waals surface area contributed by atoms with Crippen LogP contribution >= 0.6 is 23.2 Å². The summed E-state index contributed by atoms with van der Waals surface area (Å²) in [4.78, 5) is 33.0. The van der Waals surface area contributed by atoms with Gasteiger partial charge in [0.1, 0.15) is 0 Å². The van der Waals surface area contributed by atoms with Crippen LogP contribution in [-0.2, 0) is 11.3 Å². The maximum Gasteiger partial charge on any atom is 0.322 e. The second-order valence-electron chi connectivity index (χ2n) is 6.43. The zero-order valence-corrected chi connectivity index (χ0v) is 16.0. The molecule has 27 heavy (non-hydrogen) atoms. The first-order valence-electron chi connectivity index (χ1n) is 8.37. The minimum Gasteiger partial charge on any atom is -0.327 e. The minimum atomic E-state index is -0.642. The van der Waals surface area contributed by atoms with E-state index in [4.69, 9.17) is 23.2 Å². The molecule has 0 bridgehead atoms. The van der Waals surface area contributed by atoms with Crippen molar-refractivity contribution in [3.05, 3.63) is 75.2 Å². The molecule has 2 aromatic rings. The molecule has 0 spiro atoms. The first-order chi connectivity index (χ1) is 13.0. The molecule has 1 unspecified atom stereocenters. The summed E-state index contributed by atoms with van der Waals surface area (Å²) in [6.07, 6.45) is 1.69. The van der Waals surface area contributed by atoms with Gasteiger partial charge in [0.05, 0.1) is 46.1 Å². The van der Waals surface area contributed by atoms with Gasteiger partial charge in [-0.2, -0.15) is 0 Å². The van der Waals surface area contributed by atoms with Crippen LogP contribution in [0.5, 0.6) is 0 Å². The fraction of sp³-hybridized carbons (Fsp3) is 0.211. The number of carbonyl (C=O) groups is 2. The number of urea groups is 1. The summed E-state index contributed by atoms with van der Waals surface area (Å²) in [6, 6.07) is 9.82. The lowest BCUT2D eigenvalue weighted by atomic mass is 9.95. The average molecular weight is 403 g/mol. The molecule has 0 saturated heterocycles. The van der Waals surface area contributed by atoms with E-state index in [9.17, 15) is 9.59 Å². The number of rotatable bonds is 3. The third-order valence-electron chi connectivity index (χ3n) is 4.81. The van der Waals surface area contributed by atoms with Crippen molar-refractivity contribution in [1.82, 2.24) is 20.1 Å². The second-order valence-corrected chi connectivity index (χ2v) is 7.21. The number of nitrogens with zero attached hydrogens (tertiary/aromatic N) is 3. The van der Waals surface area contributed by atoms with Crippen LogP contribution in [0.3, 0.4) is 0 Å². The highest BCUT2D eigenvalue weighted by atomic mass is 35.5. The number of hydrogen-bond donors (Lipinski definition) is 1. The van der Waals surface area contributed by atoms with Crippen LogP contribution in [0.15, 0.2) is 53.9 Å². The maximum absolute atomic E-state index is 13.2. The number of carbonyl (C=O) groups excluding carboxylic acids is 2. The van der Waals surface area contributed by atoms with Gasteiger partial charge in [0.25, 0.3) is 5.91 Å². The maximum atomic E-state index is 13.2. The van der Waals surface area contributed by atoms with Gasteiger partial charge in [-0.1, -0.05) is 41.4 Å². The Balaban J connectivity index is 1.72. The van der Waals surface area contributed by atoms with Gasteiger partial charge in [0.15, 0.2) is 0 Å². The highest BCUT2D eigenvalue weighted by Gasteiger charge is 2.43. The van der Waals surface area contributed by atoms with Gasteiger partial charge < -0.3 is 10.2 Å². The van der Waals surface area contributed by atoms with Crippen molar-refractivity contribution in [3.8, 4) is 0 Å². The predicted molar refractivity (Wildman–Crippen MR) is 102 cm³/mol. The lowest BCUT2D eigenvalue weighted by molar-refractivity contribution is -0.126. The van der Waals surface area contributed by atoms with E-state index in [-0.39, 0.29) is 11.9 Å². The van der Waals surface area contributed by atoms with Crippen molar-refractivity contribution in [1.29, 1.82) is 0 Å². The summed E-state index contributed by atoms with van der Waals surface area (Å²) in [5.74, 6) is -0.149. The van der Waals surface area contributed by atoms with Gasteiger partial charge in [-0.15, -0.1) is 0 Å². The first kappa shape index (κ1) is 17.8. The highest BCUT2D eigenvalue weighted by molar-refractivity contribution is 6.42. The monoisotopic (exact) mass is 402 g/mol. The Labute approximate surface area is 166 Å². The largest absolute Gasteiger partial charge is 0.327 e. The number of aromatic nitrogens is 1. The molecule has 0 radical (unpaired) electrons. The van der Waals surface area contributed by atoms with Crippen molar-refractivity contribution >= 4 is 35.1 Å². The van der Waals surface area contributed by atoms with Gasteiger partial charge in [0, 0.05) is 13.2 Å². The molecule has 1 atom stereocenters. The lowest BCUT2D eigenvalue weighted by Gasteiger charge is -2.31. The quantitative estimate of drug-likeness (QED) is 0.855. The van der Waals surface area contributed by atoms with Crippen LogP contribution in [0.4, 0.5) is 4.79 Å². The Hall–Kier alpha value is -2.57. The summed E-state index contributed by atoms with van der Waals surface area (Å²) in [5.41, 5.74) is 2.56. The first-order valence-corrected chi connectivity index (χ1v) is 9.13. The third-order valence-corrected chi connectivity index (χ3v) is 5.64. The molecule has 8 heteroatoms. The topological polar surface area (TPSA) is 65.5 Å². The van der Waals surface area contributed by atoms with E-state index >= 15 is 0 Å². The van der Waals surface area contributed by atoms with Gasteiger partial charge in [-0.05, 0) is 23.8 Å². The zero-order chi connectivity index (χ0) is 19.1. The molecule has 4 rings (SSSR count). The van der Waals surface area contributed by atoms with Crippen LogP contribution in [0.25, 0.3) is 0 Å². The molecule has 6 nitrogen and oxygen atoms in total. The summed E-state index contributed by atoms with van der Waals surface area (Å²) in [7, 11) is 1.65. The van der Waals surface area contributed by atoms with Gasteiger partial charge >= 0.3 is 6.03 Å². The normalized spacial score (nSPS) is 19.4. The van der Waals surface area contributed by atoms with Crippen LogP contribution in [0.1, 0.15) is 17.3 Å². The fourth-order valence-electron chi connectivity index (χ4n) is 3.42. The van der Waals surface area contributed by atoms with E-state index in [0.29, 0.717) is 40.0 Å². The van der Waals surface area contributed by atoms with E-state index in [2.05, 4.69) is 10.3 Å². The molecule has 1 aromatic carbocycles. The molecule has 0 fully saturated rings. The van der Waals surface area contributed by atoms with E-state index in [0.717, 1.165) is 5.69 Å². The summed E-state index contributed by atoms with van der Waals surface area (Å²) < 4.78 is 0. The Kier molecular flexibility index (Phi) is 4.53. The van der Waals surface area contributed by atoms with Crippen molar-refractivity contribution in [2.45, 2.75) is 12.6 Å². The molecule has 0 aliphatic carbocycles. The molecule has 2 aliphatic heterocycles. The Morgan fingerprint density at radius 2 is 2.00 bits per heavy atom. The molecular weight excluding hydrogens is 387 g/mol. The van der Waals surface area contributed by atoms with E-state index < -0.39 is 6.04 Å². The van der Waals surface area contributed by atoms with Crippen molar-refractivity contribution in [2.24, 2.45) is 0 Å². The minimum absolute atomic E-state index is 0.149. The predicted octanol–water partition coefficient (Wildman–Crippen LogP) is 3.38. The number of likely N-dealkylation sites (N-methyl/N-ethyl adjacent to an activating group) is 1. The molecular formula is C19H16Cl2N4O2. The number of halogens is 2.